The van der Waals surface area contributed by atoms with E-state index in [1.165, 1.54) is 12.1 Å². The molecule has 1 heterocycles. The maximum atomic E-state index is 12.8. The van der Waals surface area contributed by atoms with Gasteiger partial charge in [0, 0.05) is 18.8 Å². The third-order valence-electron chi connectivity index (χ3n) is 3.19. The van der Waals surface area contributed by atoms with Gasteiger partial charge in [0.1, 0.15) is 0 Å². The maximum Gasteiger partial charge on any atom is 0.417 e. The van der Waals surface area contributed by atoms with Crippen molar-refractivity contribution >= 4 is 5.69 Å². The number of aliphatic hydroxyl groups excluding tert-OH is 1. The predicted octanol–water partition coefficient (Wildman–Crippen LogP) is 2.54. The quantitative estimate of drug-likeness (QED) is 0.853. The molecule has 1 aromatic rings. The minimum atomic E-state index is -4.55. The van der Waals surface area contributed by atoms with E-state index in [-0.39, 0.29) is 5.56 Å². The molecule has 1 atom stereocenters. The van der Waals surface area contributed by atoms with Crippen LogP contribution in [0.5, 0.6) is 0 Å². The summed E-state index contributed by atoms with van der Waals surface area (Å²) >= 11 is 0. The van der Waals surface area contributed by atoms with Gasteiger partial charge in [-0.3, -0.25) is 0 Å². The number of nitrogens with zero attached hydrogens (tertiary/aromatic N) is 2. The van der Waals surface area contributed by atoms with Crippen LogP contribution >= 0.6 is 0 Å². The molecule has 6 heteroatoms. The van der Waals surface area contributed by atoms with E-state index in [1.807, 2.05) is 0 Å². The molecule has 0 radical (unpaired) electrons. The fourth-order valence-corrected chi connectivity index (χ4v) is 2.25. The van der Waals surface area contributed by atoms with Crippen LogP contribution < -0.4 is 4.90 Å². The number of aliphatic hydroxyl groups is 1. The second kappa shape index (κ2) is 5.10. The van der Waals surface area contributed by atoms with Crippen molar-refractivity contribution in [3.63, 3.8) is 0 Å². The van der Waals surface area contributed by atoms with Crippen LogP contribution in [0.1, 0.15) is 24.0 Å². The number of piperidine rings is 1. The van der Waals surface area contributed by atoms with Crippen molar-refractivity contribution in [1.82, 2.24) is 0 Å². The van der Waals surface area contributed by atoms with E-state index >= 15 is 0 Å². The van der Waals surface area contributed by atoms with Crippen molar-refractivity contribution in [3.8, 4) is 6.07 Å². The van der Waals surface area contributed by atoms with E-state index in [1.54, 1.807) is 11.0 Å². The largest absolute Gasteiger partial charge is 0.417 e. The standard InChI is InChI=1S/C13H13F3N2O/c14-13(15,16)12-6-10(4-3-9(12)7-17)18-5-1-2-11(19)8-18/h3-4,6,11,19H,1-2,5,8H2. The van der Waals surface area contributed by atoms with E-state index in [0.29, 0.717) is 25.2 Å². The van der Waals surface area contributed by atoms with E-state index in [9.17, 15) is 18.3 Å². The summed E-state index contributed by atoms with van der Waals surface area (Å²) in [6.45, 7) is 0.934. The summed E-state index contributed by atoms with van der Waals surface area (Å²) in [4.78, 5) is 1.71. The smallest absolute Gasteiger partial charge is 0.391 e. The number of anilines is 1. The molecule has 0 spiro atoms. The topological polar surface area (TPSA) is 47.3 Å². The Morgan fingerprint density at radius 1 is 1.37 bits per heavy atom. The number of rotatable bonds is 1. The molecule has 3 nitrogen and oxygen atoms in total. The molecule has 1 aromatic carbocycles. The van der Waals surface area contributed by atoms with Crippen LogP contribution in [0.2, 0.25) is 0 Å². The van der Waals surface area contributed by atoms with Crippen LogP contribution in [0, 0.1) is 11.3 Å². The average molecular weight is 270 g/mol. The van der Waals surface area contributed by atoms with Crippen LogP contribution in [0.15, 0.2) is 18.2 Å². The number of alkyl halides is 3. The Bertz CT molecular complexity index is 508. The molecule has 1 aliphatic rings. The Labute approximate surface area is 108 Å². The summed E-state index contributed by atoms with van der Waals surface area (Å²) in [5, 5.41) is 18.3. The van der Waals surface area contributed by atoms with Gasteiger partial charge in [-0.1, -0.05) is 0 Å². The fraction of sp³-hybridized carbons (Fsp3) is 0.462. The summed E-state index contributed by atoms with van der Waals surface area (Å²) in [6, 6.07) is 5.21. The van der Waals surface area contributed by atoms with E-state index in [0.717, 1.165) is 12.5 Å². The van der Waals surface area contributed by atoms with Crippen LogP contribution in [0.4, 0.5) is 18.9 Å². The molecule has 1 N–H and O–H groups in total. The van der Waals surface area contributed by atoms with Gasteiger partial charge in [-0.25, -0.2) is 0 Å². The molecule has 1 saturated heterocycles. The Kier molecular flexibility index (Phi) is 3.67. The molecule has 0 saturated carbocycles. The molecule has 1 unspecified atom stereocenters. The molecule has 1 aliphatic heterocycles. The Hall–Kier alpha value is -1.74. The highest BCUT2D eigenvalue weighted by Gasteiger charge is 2.34. The zero-order valence-electron chi connectivity index (χ0n) is 10.1. The zero-order valence-corrected chi connectivity index (χ0v) is 10.1. The van der Waals surface area contributed by atoms with Gasteiger partial charge < -0.3 is 10.0 Å². The number of β-amino-alcohol motifs (C(OH)–C–C–N with tert-alkyl or cyclic N) is 1. The van der Waals surface area contributed by atoms with Gasteiger partial charge in [-0.05, 0) is 31.0 Å². The number of hydrogen-bond acceptors (Lipinski definition) is 3. The van der Waals surface area contributed by atoms with Crippen molar-refractivity contribution < 1.29 is 18.3 Å². The number of halogens is 3. The Morgan fingerprint density at radius 2 is 2.11 bits per heavy atom. The van der Waals surface area contributed by atoms with Crippen LogP contribution in [-0.2, 0) is 6.18 Å². The third kappa shape index (κ3) is 2.99. The third-order valence-corrected chi connectivity index (χ3v) is 3.19. The molecule has 2 rings (SSSR count). The number of hydrogen-bond donors (Lipinski definition) is 1. The van der Waals surface area contributed by atoms with Crippen LogP contribution in [0.25, 0.3) is 0 Å². The molecule has 0 aromatic heterocycles. The van der Waals surface area contributed by atoms with Crippen LogP contribution in [0.3, 0.4) is 0 Å². The second-order valence-corrected chi connectivity index (χ2v) is 4.58. The first-order valence-corrected chi connectivity index (χ1v) is 5.96. The lowest BCUT2D eigenvalue weighted by molar-refractivity contribution is -0.137. The summed E-state index contributed by atoms with van der Waals surface area (Å²) in [5.74, 6) is 0. The zero-order chi connectivity index (χ0) is 14.0. The normalized spacial score (nSPS) is 20.2. The average Bonchev–Trinajstić information content (AvgIpc) is 2.37. The first kappa shape index (κ1) is 13.7. The SMILES string of the molecule is N#Cc1ccc(N2CCCC(O)C2)cc1C(F)(F)F. The molecular formula is C13H13F3N2O. The number of nitriles is 1. The van der Waals surface area contributed by atoms with Crippen molar-refractivity contribution in [3.05, 3.63) is 29.3 Å². The second-order valence-electron chi connectivity index (χ2n) is 4.58. The molecule has 19 heavy (non-hydrogen) atoms. The Morgan fingerprint density at radius 3 is 2.68 bits per heavy atom. The predicted molar refractivity (Wildman–Crippen MR) is 63.6 cm³/mol. The summed E-state index contributed by atoms with van der Waals surface area (Å²) in [6.07, 6.45) is -3.66. The minimum absolute atomic E-state index is 0.323. The van der Waals surface area contributed by atoms with E-state index in [2.05, 4.69) is 0 Å². The van der Waals surface area contributed by atoms with E-state index < -0.39 is 17.8 Å². The van der Waals surface area contributed by atoms with Gasteiger partial charge in [0.2, 0.25) is 0 Å². The van der Waals surface area contributed by atoms with Gasteiger partial charge in [0.05, 0.1) is 23.3 Å². The van der Waals surface area contributed by atoms with Crippen molar-refractivity contribution in [2.45, 2.75) is 25.1 Å². The summed E-state index contributed by atoms with van der Waals surface area (Å²) in [7, 11) is 0. The van der Waals surface area contributed by atoms with Gasteiger partial charge in [-0.2, -0.15) is 18.4 Å². The maximum absolute atomic E-state index is 12.8. The van der Waals surface area contributed by atoms with Crippen molar-refractivity contribution in [2.24, 2.45) is 0 Å². The Balaban J connectivity index is 2.35. The first-order chi connectivity index (χ1) is 8.91. The van der Waals surface area contributed by atoms with Crippen LogP contribution in [-0.4, -0.2) is 24.3 Å². The summed E-state index contributed by atoms with van der Waals surface area (Å²) < 4.78 is 38.5. The van der Waals surface area contributed by atoms with Gasteiger partial charge in [0.25, 0.3) is 0 Å². The minimum Gasteiger partial charge on any atom is -0.391 e. The van der Waals surface area contributed by atoms with Gasteiger partial charge in [-0.15, -0.1) is 0 Å². The summed E-state index contributed by atoms with van der Waals surface area (Å²) in [5.41, 5.74) is -0.911. The highest BCUT2D eigenvalue weighted by atomic mass is 19.4. The van der Waals surface area contributed by atoms with Crippen molar-refractivity contribution in [1.29, 1.82) is 5.26 Å². The van der Waals surface area contributed by atoms with Crippen molar-refractivity contribution in [2.75, 3.05) is 18.0 Å². The molecule has 0 aliphatic carbocycles. The lowest BCUT2D eigenvalue weighted by Crippen LogP contribution is -2.38. The molecular weight excluding hydrogens is 257 g/mol. The molecule has 0 amide bonds. The highest BCUT2D eigenvalue weighted by Crippen LogP contribution is 2.34. The molecule has 102 valence electrons. The van der Waals surface area contributed by atoms with Gasteiger partial charge in [0.15, 0.2) is 0 Å². The van der Waals surface area contributed by atoms with Gasteiger partial charge >= 0.3 is 6.18 Å². The number of benzene rings is 1. The lowest BCUT2D eigenvalue weighted by Gasteiger charge is -2.32. The van der Waals surface area contributed by atoms with E-state index in [4.69, 9.17) is 5.26 Å². The first-order valence-electron chi connectivity index (χ1n) is 5.96. The molecule has 1 fully saturated rings. The lowest BCUT2D eigenvalue weighted by atomic mass is 10.0. The fourth-order valence-electron chi connectivity index (χ4n) is 2.25. The molecule has 0 bridgehead atoms. The monoisotopic (exact) mass is 270 g/mol. The highest BCUT2D eigenvalue weighted by molar-refractivity contribution is 5.55.